The summed E-state index contributed by atoms with van der Waals surface area (Å²) in [6, 6.07) is 0.697. The van der Waals surface area contributed by atoms with Crippen molar-refractivity contribution in [3.63, 3.8) is 0 Å². The summed E-state index contributed by atoms with van der Waals surface area (Å²) < 4.78 is 11.0. The Morgan fingerprint density at radius 3 is 1.82 bits per heavy atom. The van der Waals surface area contributed by atoms with Crippen molar-refractivity contribution in [3.8, 4) is 0 Å². The molecule has 0 spiro atoms. The molecule has 1 N–H and O–H groups in total. The molecule has 0 bridgehead atoms. The smallest absolute Gasteiger partial charge is 0.0469 e. The third-order valence-electron chi connectivity index (χ3n) is 4.18. The van der Waals surface area contributed by atoms with Gasteiger partial charge in [-0.3, -0.25) is 0 Å². The van der Waals surface area contributed by atoms with Crippen LogP contribution >= 0.6 is 0 Å². The monoisotopic (exact) mass is 241 g/mol. The highest BCUT2D eigenvalue weighted by molar-refractivity contribution is 4.85. The molecule has 2 aliphatic rings. The molecule has 0 aromatic carbocycles. The van der Waals surface area contributed by atoms with Gasteiger partial charge in [-0.05, 0) is 50.5 Å². The van der Waals surface area contributed by atoms with Crippen LogP contribution in [0.5, 0.6) is 0 Å². The SMILES string of the molecule is CCCNC(C1CCOCC1)C1CCOCC1. The van der Waals surface area contributed by atoms with Gasteiger partial charge in [0.15, 0.2) is 0 Å². The molecule has 0 saturated carbocycles. The summed E-state index contributed by atoms with van der Waals surface area (Å²) in [6.45, 7) is 7.23. The molecule has 0 atom stereocenters. The standard InChI is InChI=1S/C14H27NO2/c1-2-7-15-14(12-3-8-16-9-4-12)13-5-10-17-11-6-13/h12-15H,2-11H2,1H3. The molecule has 0 amide bonds. The summed E-state index contributed by atoms with van der Waals surface area (Å²) in [7, 11) is 0. The Morgan fingerprint density at radius 1 is 0.941 bits per heavy atom. The van der Waals surface area contributed by atoms with Crippen LogP contribution in [0.1, 0.15) is 39.0 Å². The molecule has 3 nitrogen and oxygen atoms in total. The van der Waals surface area contributed by atoms with Crippen LogP contribution in [0.4, 0.5) is 0 Å². The maximum Gasteiger partial charge on any atom is 0.0469 e. The van der Waals surface area contributed by atoms with E-state index in [1.54, 1.807) is 0 Å². The van der Waals surface area contributed by atoms with Crippen LogP contribution in [-0.2, 0) is 9.47 Å². The van der Waals surface area contributed by atoms with Crippen molar-refractivity contribution in [2.24, 2.45) is 11.8 Å². The van der Waals surface area contributed by atoms with Crippen molar-refractivity contribution in [2.75, 3.05) is 33.0 Å². The second kappa shape index (κ2) is 7.34. The van der Waals surface area contributed by atoms with E-state index >= 15 is 0 Å². The van der Waals surface area contributed by atoms with E-state index in [2.05, 4.69) is 12.2 Å². The van der Waals surface area contributed by atoms with Crippen LogP contribution in [0.15, 0.2) is 0 Å². The van der Waals surface area contributed by atoms with Crippen molar-refractivity contribution in [3.05, 3.63) is 0 Å². The van der Waals surface area contributed by atoms with Gasteiger partial charge >= 0.3 is 0 Å². The Balaban J connectivity index is 1.90. The lowest BCUT2D eigenvalue weighted by molar-refractivity contribution is 0.0138. The summed E-state index contributed by atoms with van der Waals surface area (Å²) >= 11 is 0. The Kier molecular flexibility index (Phi) is 5.75. The van der Waals surface area contributed by atoms with Gasteiger partial charge in [0.2, 0.25) is 0 Å². The van der Waals surface area contributed by atoms with Crippen molar-refractivity contribution >= 4 is 0 Å². The number of hydrogen-bond donors (Lipinski definition) is 1. The maximum absolute atomic E-state index is 5.49. The summed E-state index contributed by atoms with van der Waals surface area (Å²) in [6.07, 6.45) is 6.16. The third kappa shape index (κ3) is 3.94. The minimum absolute atomic E-state index is 0.697. The maximum atomic E-state index is 5.49. The van der Waals surface area contributed by atoms with Gasteiger partial charge in [-0.1, -0.05) is 6.92 Å². The van der Waals surface area contributed by atoms with E-state index in [0.29, 0.717) is 6.04 Å². The Hall–Kier alpha value is -0.120. The number of hydrogen-bond acceptors (Lipinski definition) is 3. The lowest BCUT2D eigenvalue weighted by Crippen LogP contribution is -2.46. The lowest BCUT2D eigenvalue weighted by atomic mass is 9.80. The molecule has 100 valence electrons. The molecule has 2 fully saturated rings. The third-order valence-corrected chi connectivity index (χ3v) is 4.18. The Labute approximate surface area is 105 Å². The van der Waals surface area contributed by atoms with E-state index in [1.165, 1.54) is 32.1 Å². The Morgan fingerprint density at radius 2 is 1.41 bits per heavy atom. The van der Waals surface area contributed by atoms with E-state index in [9.17, 15) is 0 Å². The summed E-state index contributed by atoms with van der Waals surface area (Å²) in [4.78, 5) is 0. The number of rotatable bonds is 5. The molecule has 2 rings (SSSR count). The van der Waals surface area contributed by atoms with Crippen molar-refractivity contribution in [1.82, 2.24) is 5.32 Å². The molecule has 2 aliphatic heterocycles. The number of ether oxygens (including phenoxy) is 2. The minimum atomic E-state index is 0.697. The molecule has 2 heterocycles. The number of nitrogens with one attached hydrogen (secondary N) is 1. The molecule has 0 aromatic rings. The highest BCUT2D eigenvalue weighted by atomic mass is 16.5. The van der Waals surface area contributed by atoms with Gasteiger partial charge in [-0.25, -0.2) is 0 Å². The van der Waals surface area contributed by atoms with Gasteiger partial charge in [0.25, 0.3) is 0 Å². The fraction of sp³-hybridized carbons (Fsp3) is 1.00. The van der Waals surface area contributed by atoms with Crippen LogP contribution in [0.25, 0.3) is 0 Å². The molecule has 0 aliphatic carbocycles. The van der Waals surface area contributed by atoms with E-state index in [1.807, 2.05) is 0 Å². The largest absolute Gasteiger partial charge is 0.381 e. The summed E-state index contributed by atoms with van der Waals surface area (Å²) in [5.74, 6) is 1.64. The van der Waals surface area contributed by atoms with Crippen LogP contribution in [-0.4, -0.2) is 39.0 Å². The Bertz CT molecular complexity index is 180. The van der Waals surface area contributed by atoms with Crippen LogP contribution in [0.2, 0.25) is 0 Å². The quantitative estimate of drug-likeness (QED) is 0.800. The minimum Gasteiger partial charge on any atom is -0.381 e. The molecule has 0 unspecified atom stereocenters. The van der Waals surface area contributed by atoms with Crippen LogP contribution in [0.3, 0.4) is 0 Å². The van der Waals surface area contributed by atoms with E-state index in [4.69, 9.17) is 9.47 Å². The first-order chi connectivity index (χ1) is 8.42. The van der Waals surface area contributed by atoms with Crippen LogP contribution in [0, 0.1) is 11.8 Å². The lowest BCUT2D eigenvalue weighted by Gasteiger charge is -2.38. The fourth-order valence-corrected chi connectivity index (χ4v) is 3.18. The zero-order chi connectivity index (χ0) is 11.9. The second-order valence-corrected chi connectivity index (χ2v) is 5.38. The van der Waals surface area contributed by atoms with E-state index in [-0.39, 0.29) is 0 Å². The predicted octanol–water partition coefficient (Wildman–Crippen LogP) is 2.21. The molecule has 3 heteroatoms. The normalized spacial score (nSPS) is 24.4. The molecular formula is C14H27NO2. The van der Waals surface area contributed by atoms with Crippen molar-refractivity contribution in [2.45, 2.75) is 45.1 Å². The fourth-order valence-electron chi connectivity index (χ4n) is 3.18. The van der Waals surface area contributed by atoms with Crippen molar-refractivity contribution in [1.29, 1.82) is 0 Å². The first kappa shape index (κ1) is 13.3. The van der Waals surface area contributed by atoms with E-state index < -0.39 is 0 Å². The highest BCUT2D eigenvalue weighted by Gasteiger charge is 2.31. The molecule has 17 heavy (non-hydrogen) atoms. The average molecular weight is 241 g/mol. The zero-order valence-electron chi connectivity index (χ0n) is 11.1. The molecule has 0 aromatic heterocycles. The first-order valence-corrected chi connectivity index (χ1v) is 7.30. The van der Waals surface area contributed by atoms with Gasteiger partial charge < -0.3 is 14.8 Å². The van der Waals surface area contributed by atoms with Crippen molar-refractivity contribution < 1.29 is 9.47 Å². The van der Waals surface area contributed by atoms with Crippen LogP contribution < -0.4 is 5.32 Å². The molecular weight excluding hydrogens is 214 g/mol. The van der Waals surface area contributed by atoms with E-state index in [0.717, 1.165) is 44.8 Å². The molecule has 0 radical (unpaired) electrons. The molecule has 2 saturated heterocycles. The second-order valence-electron chi connectivity index (χ2n) is 5.38. The summed E-state index contributed by atoms with van der Waals surface area (Å²) in [5.41, 5.74) is 0. The van der Waals surface area contributed by atoms with Gasteiger partial charge in [0.1, 0.15) is 0 Å². The highest BCUT2D eigenvalue weighted by Crippen LogP contribution is 2.29. The first-order valence-electron chi connectivity index (χ1n) is 7.30. The topological polar surface area (TPSA) is 30.5 Å². The zero-order valence-corrected chi connectivity index (χ0v) is 11.1. The average Bonchev–Trinajstić information content (AvgIpc) is 2.42. The van der Waals surface area contributed by atoms with Gasteiger partial charge in [-0.2, -0.15) is 0 Å². The van der Waals surface area contributed by atoms with Gasteiger partial charge in [0.05, 0.1) is 0 Å². The van der Waals surface area contributed by atoms with Gasteiger partial charge in [0, 0.05) is 32.5 Å². The predicted molar refractivity (Wildman–Crippen MR) is 69.2 cm³/mol. The summed E-state index contributed by atoms with van der Waals surface area (Å²) in [5, 5.41) is 3.80. The van der Waals surface area contributed by atoms with Gasteiger partial charge in [-0.15, -0.1) is 0 Å².